The fraction of sp³-hybridized carbons (Fsp3) is 0.294. The molecule has 0 atom stereocenters. The van der Waals surface area contributed by atoms with Gasteiger partial charge in [-0.3, -0.25) is 9.59 Å². The zero-order chi connectivity index (χ0) is 16.8. The van der Waals surface area contributed by atoms with Crippen LogP contribution in [0.3, 0.4) is 0 Å². The van der Waals surface area contributed by atoms with Crippen molar-refractivity contribution in [3.05, 3.63) is 53.9 Å². The van der Waals surface area contributed by atoms with Crippen LogP contribution in [0.15, 0.2) is 42.7 Å². The molecule has 0 saturated carbocycles. The third-order valence-corrected chi connectivity index (χ3v) is 3.94. The van der Waals surface area contributed by atoms with E-state index < -0.39 is 0 Å². The molecular weight excluding hydrogens is 306 g/mol. The normalized spacial score (nSPS) is 14.3. The summed E-state index contributed by atoms with van der Waals surface area (Å²) >= 11 is 0. The van der Waals surface area contributed by atoms with E-state index in [0.29, 0.717) is 44.2 Å². The van der Waals surface area contributed by atoms with Gasteiger partial charge in [0.2, 0.25) is 12.4 Å². The summed E-state index contributed by atoms with van der Waals surface area (Å²) in [5.41, 5.74) is 1.47. The zero-order valence-corrected chi connectivity index (χ0v) is 13.3. The van der Waals surface area contributed by atoms with Crippen LogP contribution in [0, 0.1) is 0 Å². The maximum Gasteiger partial charge on any atom is 0.254 e. The lowest BCUT2D eigenvalue weighted by Crippen LogP contribution is -2.46. The van der Waals surface area contributed by atoms with Crippen LogP contribution < -0.4 is 10.2 Å². The van der Waals surface area contributed by atoms with E-state index in [2.05, 4.69) is 15.3 Å². The molecule has 7 heteroatoms. The second-order valence-corrected chi connectivity index (χ2v) is 5.57. The van der Waals surface area contributed by atoms with Gasteiger partial charge in [0.25, 0.3) is 5.91 Å². The molecule has 7 nitrogen and oxygen atoms in total. The molecular formula is C17H19N5O2. The Morgan fingerprint density at radius 3 is 2.38 bits per heavy atom. The number of benzene rings is 1. The summed E-state index contributed by atoms with van der Waals surface area (Å²) in [6.45, 7) is 3.17. The van der Waals surface area contributed by atoms with Gasteiger partial charge in [-0.2, -0.15) is 0 Å². The maximum absolute atomic E-state index is 12.1. The van der Waals surface area contributed by atoms with Crippen molar-refractivity contribution in [3.63, 3.8) is 0 Å². The highest BCUT2D eigenvalue weighted by atomic mass is 16.1. The Morgan fingerprint density at radius 2 is 1.75 bits per heavy atom. The summed E-state index contributed by atoms with van der Waals surface area (Å²) in [6.07, 6.45) is 3.93. The summed E-state index contributed by atoms with van der Waals surface area (Å²) in [5.74, 6) is 0.385. The third-order valence-electron chi connectivity index (χ3n) is 3.94. The van der Waals surface area contributed by atoms with Crippen molar-refractivity contribution >= 4 is 18.3 Å². The number of carbonyl (C=O) groups is 2. The summed E-state index contributed by atoms with van der Waals surface area (Å²) in [6, 6.07) is 9.72. The van der Waals surface area contributed by atoms with Gasteiger partial charge in [0.15, 0.2) is 0 Å². The highest BCUT2D eigenvalue weighted by Gasteiger charge is 2.18. The summed E-state index contributed by atoms with van der Waals surface area (Å²) in [4.78, 5) is 35.1. The first-order chi connectivity index (χ1) is 11.8. The molecule has 1 saturated heterocycles. The van der Waals surface area contributed by atoms with Gasteiger partial charge in [-0.1, -0.05) is 30.3 Å². The summed E-state index contributed by atoms with van der Waals surface area (Å²) in [7, 11) is 0. The molecule has 1 aromatic heterocycles. The third kappa shape index (κ3) is 3.87. The molecule has 124 valence electrons. The van der Waals surface area contributed by atoms with E-state index in [1.165, 1.54) is 12.4 Å². The Morgan fingerprint density at radius 1 is 1.08 bits per heavy atom. The van der Waals surface area contributed by atoms with Crippen molar-refractivity contribution in [1.29, 1.82) is 0 Å². The zero-order valence-electron chi connectivity index (χ0n) is 13.3. The number of carbonyl (C=O) groups excluding carboxylic acids is 2. The van der Waals surface area contributed by atoms with Crippen molar-refractivity contribution in [3.8, 4) is 0 Å². The molecule has 3 rings (SSSR count). The molecule has 0 aliphatic carbocycles. The molecule has 1 aliphatic rings. The van der Waals surface area contributed by atoms with Gasteiger partial charge in [0.05, 0.1) is 5.56 Å². The molecule has 0 bridgehead atoms. The second kappa shape index (κ2) is 7.54. The Balaban J connectivity index is 1.56. The Hall–Kier alpha value is -2.96. The largest absolute Gasteiger partial charge is 0.348 e. The van der Waals surface area contributed by atoms with Crippen LogP contribution in [0.2, 0.25) is 0 Å². The van der Waals surface area contributed by atoms with Gasteiger partial charge in [-0.25, -0.2) is 9.97 Å². The SMILES string of the molecule is O=CN1CCN(c2ncc(C(=O)NCc3ccccc3)cn2)CC1. The lowest BCUT2D eigenvalue weighted by atomic mass is 10.2. The maximum atomic E-state index is 12.1. The fourth-order valence-electron chi connectivity index (χ4n) is 2.51. The number of amides is 2. The van der Waals surface area contributed by atoms with E-state index in [1.54, 1.807) is 4.90 Å². The van der Waals surface area contributed by atoms with E-state index in [0.717, 1.165) is 12.0 Å². The van der Waals surface area contributed by atoms with Gasteiger partial charge in [-0.15, -0.1) is 0 Å². The molecule has 0 unspecified atom stereocenters. The molecule has 1 aromatic carbocycles. The standard InChI is InChI=1S/C17H19N5O2/c23-13-21-6-8-22(9-7-21)17-19-11-15(12-20-17)16(24)18-10-14-4-2-1-3-5-14/h1-5,11-13H,6-10H2,(H,18,24). The average molecular weight is 325 g/mol. The summed E-state index contributed by atoms with van der Waals surface area (Å²) in [5, 5.41) is 2.85. The fourth-order valence-corrected chi connectivity index (χ4v) is 2.51. The van der Waals surface area contributed by atoms with E-state index in [9.17, 15) is 9.59 Å². The molecule has 1 N–H and O–H groups in total. The number of anilines is 1. The highest BCUT2D eigenvalue weighted by Crippen LogP contribution is 2.10. The number of hydrogen-bond acceptors (Lipinski definition) is 5. The van der Waals surface area contributed by atoms with Crippen molar-refractivity contribution in [2.75, 3.05) is 31.1 Å². The van der Waals surface area contributed by atoms with Gasteiger partial charge < -0.3 is 15.1 Å². The predicted octanol–water partition coefficient (Wildman–Crippen LogP) is 0.685. The van der Waals surface area contributed by atoms with Gasteiger partial charge in [0.1, 0.15) is 0 Å². The molecule has 1 fully saturated rings. The van der Waals surface area contributed by atoms with Crippen LogP contribution in [0.1, 0.15) is 15.9 Å². The molecule has 1 aliphatic heterocycles. The number of rotatable bonds is 5. The highest BCUT2D eigenvalue weighted by molar-refractivity contribution is 5.93. The van der Waals surface area contributed by atoms with Crippen LogP contribution in [0.5, 0.6) is 0 Å². The van der Waals surface area contributed by atoms with Crippen LogP contribution in [0.25, 0.3) is 0 Å². The predicted molar refractivity (Wildman–Crippen MR) is 89.5 cm³/mol. The number of hydrogen-bond donors (Lipinski definition) is 1. The van der Waals surface area contributed by atoms with Gasteiger partial charge in [-0.05, 0) is 5.56 Å². The first-order valence-electron chi connectivity index (χ1n) is 7.85. The monoisotopic (exact) mass is 325 g/mol. The molecule has 2 amide bonds. The van der Waals surface area contributed by atoms with Gasteiger partial charge >= 0.3 is 0 Å². The Bertz CT molecular complexity index is 682. The van der Waals surface area contributed by atoms with Crippen LogP contribution >= 0.6 is 0 Å². The van der Waals surface area contributed by atoms with Crippen molar-refractivity contribution in [2.45, 2.75) is 6.54 Å². The molecule has 2 heterocycles. The van der Waals surface area contributed by atoms with Crippen LogP contribution in [0.4, 0.5) is 5.95 Å². The Labute approximate surface area is 140 Å². The quantitative estimate of drug-likeness (QED) is 0.818. The average Bonchev–Trinajstić information content (AvgIpc) is 2.67. The number of nitrogens with one attached hydrogen (secondary N) is 1. The van der Waals surface area contributed by atoms with Crippen molar-refractivity contribution in [1.82, 2.24) is 20.2 Å². The topological polar surface area (TPSA) is 78.4 Å². The molecule has 2 aromatic rings. The minimum atomic E-state index is -0.198. The minimum Gasteiger partial charge on any atom is -0.348 e. The van der Waals surface area contributed by atoms with Crippen molar-refractivity contribution < 1.29 is 9.59 Å². The summed E-state index contributed by atoms with van der Waals surface area (Å²) < 4.78 is 0. The first kappa shape index (κ1) is 15.9. The van der Waals surface area contributed by atoms with Gasteiger partial charge in [0, 0.05) is 45.1 Å². The smallest absolute Gasteiger partial charge is 0.254 e. The molecule has 24 heavy (non-hydrogen) atoms. The van der Waals surface area contributed by atoms with Crippen LogP contribution in [-0.4, -0.2) is 53.4 Å². The van der Waals surface area contributed by atoms with E-state index >= 15 is 0 Å². The number of piperazine rings is 1. The minimum absolute atomic E-state index is 0.198. The molecule has 0 radical (unpaired) electrons. The number of aromatic nitrogens is 2. The first-order valence-corrected chi connectivity index (χ1v) is 7.85. The second-order valence-electron chi connectivity index (χ2n) is 5.57. The molecule has 0 spiro atoms. The van der Waals surface area contributed by atoms with E-state index in [1.807, 2.05) is 35.2 Å². The Kier molecular flexibility index (Phi) is 5.00. The van der Waals surface area contributed by atoms with Crippen LogP contribution in [-0.2, 0) is 11.3 Å². The number of nitrogens with zero attached hydrogens (tertiary/aromatic N) is 4. The lowest BCUT2D eigenvalue weighted by Gasteiger charge is -2.32. The van der Waals surface area contributed by atoms with Crippen molar-refractivity contribution in [2.24, 2.45) is 0 Å². The lowest BCUT2D eigenvalue weighted by molar-refractivity contribution is -0.118. The van der Waals surface area contributed by atoms with E-state index in [4.69, 9.17) is 0 Å². The van der Waals surface area contributed by atoms with E-state index in [-0.39, 0.29) is 5.91 Å².